The third-order valence-electron chi connectivity index (χ3n) is 16.5. The van der Waals surface area contributed by atoms with Gasteiger partial charge in [0.1, 0.15) is 48.3 Å². The van der Waals surface area contributed by atoms with Crippen molar-refractivity contribution in [1.82, 2.24) is 50.2 Å². The summed E-state index contributed by atoms with van der Waals surface area (Å²) in [5.41, 5.74) is 0. The Morgan fingerprint density at radius 3 is 1.38 bits per heavy atom. The smallest absolute Gasteiger partial charge is 0.246 e. The number of carbonyl (C=O) groups is 11. The lowest BCUT2D eigenvalue weighted by Gasteiger charge is -2.41. The van der Waals surface area contributed by atoms with Crippen LogP contribution in [0, 0.1) is 47.3 Å². The summed E-state index contributed by atoms with van der Waals surface area (Å²) in [5.74, 6) is -9.97. The molecule has 1 aliphatic rings. The monoisotopic (exact) mass is 1200 g/mol. The van der Waals surface area contributed by atoms with Gasteiger partial charge in [0.25, 0.3) is 0 Å². The molecular formula is C63H112N10O12. The minimum absolute atomic E-state index is 0.0329. The number of rotatable bonds is 15. The van der Waals surface area contributed by atoms with Gasteiger partial charge in [-0.15, -0.1) is 0 Å². The Kier molecular flexibility index (Phi) is 31.8. The van der Waals surface area contributed by atoms with Gasteiger partial charge in [-0.25, -0.2) is 0 Å². The molecule has 22 heteroatoms. The first kappa shape index (κ1) is 77.1. The van der Waals surface area contributed by atoms with E-state index < -0.39 is 156 Å². The fourth-order valence-electron chi connectivity index (χ4n) is 11.0. The van der Waals surface area contributed by atoms with Gasteiger partial charge in [-0.2, -0.15) is 0 Å². The molecule has 0 bridgehead atoms. The van der Waals surface area contributed by atoms with E-state index in [1.54, 1.807) is 54.5 Å². The van der Waals surface area contributed by atoms with Crippen molar-refractivity contribution in [2.24, 2.45) is 47.3 Å². The zero-order valence-electron chi connectivity index (χ0n) is 56.3. The van der Waals surface area contributed by atoms with E-state index in [0.717, 1.165) is 9.80 Å². The van der Waals surface area contributed by atoms with Crippen molar-refractivity contribution in [2.75, 3.05) is 55.9 Å². The average molecular weight is 1200 g/mol. The Hall–Kier alpha value is -5.93. The molecule has 10 amide bonds. The van der Waals surface area contributed by atoms with Crippen molar-refractivity contribution in [2.45, 2.75) is 223 Å². The second-order valence-corrected chi connectivity index (χ2v) is 26.4. The highest BCUT2D eigenvalue weighted by molar-refractivity contribution is 5.99. The van der Waals surface area contributed by atoms with E-state index in [4.69, 9.17) is 0 Å². The molecule has 1 fully saturated rings. The Labute approximate surface area is 509 Å². The molecule has 0 aliphatic carbocycles. The third kappa shape index (κ3) is 21.8. The van der Waals surface area contributed by atoms with Crippen LogP contribution in [0.5, 0.6) is 0 Å². The summed E-state index contributed by atoms with van der Waals surface area (Å²) in [6.45, 7) is 29.6. The summed E-state index contributed by atoms with van der Waals surface area (Å²) in [6.07, 6.45) is 2.88. The van der Waals surface area contributed by atoms with Crippen LogP contribution in [0.3, 0.4) is 0 Å². The Morgan fingerprint density at radius 1 is 0.482 bits per heavy atom. The van der Waals surface area contributed by atoms with E-state index in [1.807, 2.05) is 61.5 Å². The Morgan fingerprint density at radius 2 is 0.918 bits per heavy atom. The number of carbonyl (C=O) groups excluding carboxylic acids is 11. The van der Waals surface area contributed by atoms with Crippen LogP contribution in [0.15, 0.2) is 12.2 Å². The molecule has 1 saturated heterocycles. The standard InChI is InChI=1S/C63H112N10O12/c1-25-27-28-41(15)54(76)53-57(79)66-45(26-2)60(82)67(18)34-51(75)68(19)46(29-35(3)4)50(74)33-44(39(11)12)59(81)69(20)47(30-36(5)6)56(78)64-42(16)55(77)65-43(17)58(80)70(21)48(31-37(7)8)61(83)71(22)49(32-38(9)10)62(84)72(23)52(40(13)14)63(85)73(53)24/h25,27,35-49,52-54,76H,26,28-34H2,1-24H3,(H,64,78)(H,65,77)(H,66,79)/b27-25+/t41-,42+,43-,44+,45+,46+,47+,48+,49+,52+,53+,54?/m1/s1. The molecule has 0 aromatic heterocycles. The molecule has 0 aromatic rings. The molecule has 0 radical (unpaired) electrons. The molecule has 1 rings (SSSR count). The number of allylic oxidation sites excluding steroid dienone is 2. The molecule has 4 N–H and O–H groups in total. The number of aliphatic hydroxyl groups excluding tert-OH is 1. The second kappa shape index (κ2) is 35.0. The van der Waals surface area contributed by atoms with Crippen LogP contribution in [0.2, 0.25) is 0 Å². The van der Waals surface area contributed by atoms with Crippen LogP contribution in [-0.4, -0.2) is 221 Å². The normalized spacial score (nSPS) is 27.0. The maximum Gasteiger partial charge on any atom is 0.246 e. The predicted octanol–water partition coefficient (Wildman–Crippen LogP) is 4.36. The zero-order valence-corrected chi connectivity index (χ0v) is 56.3. The zero-order chi connectivity index (χ0) is 66.0. The minimum Gasteiger partial charge on any atom is -0.390 e. The van der Waals surface area contributed by atoms with Crippen molar-refractivity contribution in [3.8, 4) is 0 Å². The van der Waals surface area contributed by atoms with Gasteiger partial charge in [-0.3, -0.25) is 52.7 Å². The van der Waals surface area contributed by atoms with Gasteiger partial charge < -0.3 is 55.4 Å². The van der Waals surface area contributed by atoms with Gasteiger partial charge in [-0.1, -0.05) is 109 Å². The highest BCUT2D eigenvalue weighted by Crippen LogP contribution is 2.27. The summed E-state index contributed by atoms with van der Waals surface area (Å²) in [5, 5.41) is 20.3. The van der Waals surface area contributed by atoms with Crippen LogP contribution < -0.4 is 16.0 Å². The van der Waals surface area contributed by atoms with E-state index in [-0.39, 0.29) is 62.2 Å². The predicted molar refractivity (Wildman–Crippen MR) is 330 cm³/mol. The molecule has 486 valence electrons. The fraction of sp³-hybridized carbons (Fsp3) is 0.794. The van der Waals surface area contributed by atoms with Crippen LogP contribution in [0.1, 0.15) is 163 Å². The summed E-state index contributed by atoms with van der Waals surface area (Å²) >= 11 is 0. The lowest BCUT2D eigenvalue weighted by molar-refractivity contribution is -0.157. The van der Waals surface area contributed by atoms with Crippen LogP contribution >= 0.6 is 0 Å². The van der Waals surface area contributed by atoms with E-state index in [2.05, 4.69) is 16.0 Å². The SMILES string of the molecule is C/C=C/C[C@@H](C)C(O)[C@H]1C(=O)N[C@@H](CC)C(=O)N(C)CC(=O)N(C)[C@@H](CC(C)C)C(=O)C[C@@H](C(C)C)C(=O)N(C)[C@@H](CC(C)C)C(=O)N[C@@H](C)C(=O)N[C@H](C)C(=O)N(C)[C@@H](CC(C)C)C(=O)N(C)[C@@H](CC(C)C)C(=O)N(C)[C@@H](C(C)C)C(=O)N1C. The van der Waals surface area contributed by atoms with Crippen LogP contribution in [0.4, 0.5) is 0 Å². The second-order valence-electron chi connectivity index (χ2n) is 26.4. The summed E-state index contributed by atoms with van der Waals surface area (Å²) in [6, 6.07) is -10.9. The number of Topliss-reactive ketones (excluding diaryl/α,β-unsaturated/α-hetero) is 1. The van der Waals surface area contributed by atoms with Crippen molar-refractivity contribution >= 4 is 64.9 Å². The third-order valence-corrected chi connectivity index (χ3v) is 16.5. The highest BCUT2D eigenvalue weighted by Gasteiger charge is 2.45. The first-order chi connectivity index (χ1) is 39.2. The number of amides is 10. The van der Waals surface area contributed by atoms with E-state index >= 15 is 9.59 Å². The summed E-state index contributed by atoms with van der Waals surface area (Å²) < 4.78 is 0. The van der Waals surface area contributed by atoms with E-state index in [9.17, 15) is 48.3 Å². The molecule has 22 nitrogen and oxygen atoms in total. The fourth-order valence-corrected chi connectivity index (χ4v) is 11.0. The number of likely N-dealkylation sites (N-methyl/N-ethyl adjacent to an activating group) is 7. The molecule has 12 atom stereocenters. The lowest BCUT2D eigenvalue weighted by atomic mass is 9.85. The number of nitrogens with one attached hydrogen (secondary N) is 3. The Balaban J connectivity index is 4.32. The van der Waals surface area contributed by atoms with Gasteiger partial charge in [0.15, 0.2) is 5.78 Å². The maximum absolute atomic E-state index is 15.1. The van der Waals surface area contributed by atoms with Crippen LogP contribution in [-0.2, 0) is 52.7 Å². The summed E-state index contributed by atoms with van der Waals surface area (Å²) in [7, 11) is 10.0. The summed E-state index contributed by atoms with van der Waals surface area (Å²) in [4.78, 5) is 169. The molecule has 0 spiro atoms. The molecule has 0 saturated carbocycles. The number of nitrogens with zero attached hydrogens (tertiary/aromatic N) is 7. The molecule has 1 aliphatic heterocycles. The van der Waals surface area contributed by atoms with E-state index in [0.29, 0.717) is 6.42 Å². The van der Waals surface area contributed by atoms with Crippen molar-refractivity contribution in [3.05, 3.63) is 12.2 Å². The topological polar surface area (TPSA) is 267 Å². The number of aliphatic hydroxyl groups is 1. The molecular weight excluding hydrogens is 1090 g/mol. The first-order valence-electron chi connectivity index (χ1n) is 30.8. The van der Waals surface area contributed by atoms with Gasteiger partial charge in [0, 0.05) is 61.7 Å². The quantitative estimate of drug-likeness (QED) is 0.167. The van der Waals surface area contributed by atoms with Gasteiger partial charge in [-0.05, 0) is 101 Å². The van der Waals surface area contributed by atoms with Crippen molar-refractivity contribution in [3.63, 3.8) is 0 Å². The van der Waals surface area contributed by atoms with E-state index in [1.165, 1.54) is 87.7 Å². The number of ketones is 1. The average Bonchev–Trinajstić information content (AvgIpc) is 3.62. The van der Waals surface area contributed by atoms with Crippen LogP contribution in [0.25, 0.3) is 0 Å². The van der Waals surface area contributed by atoms with Gasteiger partial charge in [0.2, 0.25) is 59.1 Å². The molecule has 85 heavy (non-hydrogen) atoms. The van der Waals surface area contributed by atoms with Crippen molar-refractivity contribution in [1.29, 1.82) is 0 Å². The molecule has 1 unspecified atom stereocenters. The van der Waals surface area contributed by atoms with Gasteiger partial charge in [0.05, 0.1) is 18.7 Å². The van der Waals surface area contributed by atoms with Gasteiger partial charge >= 0.3 is 0 Å². The maximum atomic E-state index is 15.1. The Bertz CT molecular complexity index is 2320. The van der Waals surface area contributed by atoms with Crippen molar-refractivity contribution < 1.29 is 57.8 Å². The largest absolute Gasteiger partial charge is 0.390 e. The first-order valence-corrected chi connectivity index (χ1v) is 30.8. The minimum atomic E-state index is -1.60. The number of hydrogen-bond acceptors (Lipinski definition) is 12. The number of hydrogen-bond donors (Lipinski definition) is 4. The highest BCUT2D eigenvalue weighted by atomic mass is 16.3. The lowest BCUT2D eigenvalue weighted by Crippen LogP contribution is -2.63. The molecule has 0 aromatic carbocycles. The molecule has 1 heterocycles.